The Labute approximate surface area is 75.0 Å². The van der Waals surface area contributed by atoms with Gasteiger partial charge in [-0.1, -0.05) is 20.8 Å². The predicted octanol–water partition coefficient (Wildman–Crippen LogP) is 2.14. The normalized spacial score (nSPS) is 22.7. The maximum atomic E-state index is 5.30. The molecule has 1 saturated heterocycles. The fourth-order valence-electron chi connectivity index (χ4n) is 1.47. The van der Waals surface area contributed by atoms with Crippen LogP contribution in [0.2, 0.25) is 0 Å². The number of aliphatic imine (C=N–C) groups is 1. The minimum Gasteiger partial charge on any atom is -0.380 e. The van der Waals surface area contributed by atoms with Gasteiger partial charge in [0.2, 0.25) is 0 Å². The van der Waals surface area contributed by atoms with E-state index in [1.165, 1.54) is 0 Å². The molecule has 1 fully saturated rings. The number of hydrogen-bond acceptors (Lipinski definition) is 2. The van der Waals surface area contributed by atoms with Crippen molar-refractivity contribution in [2.75, 3.05) is 20.3 Å². The Kier molecular flexibility index (Phi) is 2.57. The van der Waals surface area contributed by atoms with Gasteiger partial charge in [-0.25, -0.2) is 0 Å². The van der Waals surface area contributed by atoms with Crippen molar-refractivity contribution in [2.45, 2.75) is 27.2 Å². The van der Waals surface area contributed by atoms with Crippen LogP contribution >= 0.6 is 0 Å². The summed E-state index contributed by atoms with van der Waals surface area (Å²) in [4.78, 5) is 4.04. The minimum atomic E-state index is 0.326. The van der Waals surface area contributed by atoms with E-state index in [2.05, 4.69) is 25.8 Å². The minimum absolute atomic E-state index is 0.326. The molecule has 0 amide bonds. The highest BCUT2D eigenvalue weighted by molar-refractivity contribution is 5.58. The van der Waals surface area contributed by atoms with Crippen LogP contribution in [0.3, 0.4) is 0 Å². The Morgan fingerprint density at radius 1 is 1.42 bits per heavy atom. The summed E-state index contributed by atoms with van der Waals surface area (Å²) in [5.74, 6) is 0. The van der Waals surface area contributed by atoms with Gasteiger partial charge in [0.15, 0.2) is 0 Å². The molecule has 1 aliphatic rings. The average Bonchev–Trinajstić information content (AvgIpc) is 1.82. The Hall–Kier alpha value is -0.370. The molecule has 0 unspecified atom stereocenters. The third kappa shape index (κ3) is 1.53. The molecule has 70 valence electrons. The van der Waals surface area contributed by atoms with Crippen LogP contribution in [0.5, 0.6) is 0 Å². The van der Waals surface area contributed by atoms with Crippen molar-refractivity contribution in [3.05, 3.63) is 0 Å². The van der Waals surface area contributed by atoms with Crippen LogP contribution < -0.4 is 0 Å². The summed E-state index contributed by atoms with van der Waals surface area (Å²) in [6.07, 6.45) is 3.06. The second-order valence-corrected chi connectivity index (χ2v) is 4.67. The van der Waals surface area contributed by atoms with E-state index >= 15 is 0 Å². The lowest BCUT2D eigenvalue weighted by molar-refractivity contribution is -0.165. The van der Waals surface area contributed by atoms with Crippen molar-refractivity contribution in [1.82, 2.24) is 0 Å². The van der Waals surface area contributed by atoms with Crippen molar-refractivity contribution >= 4 is 6.21 Å². The molecule has 0 radical (unpaired) electrons. The zero-order valence-corrected chi connectivity index (χ0v) is 8.55. The molecule has 2 nitrogen and oxygen atoms in total. The molecule has 12 heavy (non-hydrogen) atoms. The highest BCUT2D eigenvalue weighted by Gasteiger charge is 2.47. The molecule has 1 rings (SSSR count). The average molecular weight is 169 g/mol. The topological polar surface area (TPSA) is 21.6 Å². The summed E-state index contributed by atoms with van der Waals surface area (Å²) < 4.78 is 5.30. The van der Waals surface area contributed by atoms with Crippen LogP contribution in [-0.2, 0) is 4.74 Å². The van der Waals surface area contributed by atoms with E-state index in [1.54, 1.807) is 0 Å². The van der Waals surface area contributed by atoms with Gasteiger partial charge in [-0.2, -0.15) is 0 Å². The predicted molar refractivity (Wildman–Crippen MR) is 51.7 cm³/mol. The largest absolute Gasteiger partial charge is 0.380 e. The monoisotopic (exact) mass is 169 g/mol. The van der Waals surface area contributed by atoms with Gasteiger partial charge in [-0.3, -0.25) is 0 Å². The smallest absolute Gasteiger partial charge is 0.0553 e. The van der Waals surface area contributed by atoms with Crippen LogP contribution in [0.15, 0.2) is 4.99 Å². The molecule has 0 aromatic rings. The van der Waals surface area contributed by atoms with Gasteiger partial charge in [-0.05, 0) is 18.1 Å². The fraction of sp³-hybridized carbons (Fsp3) is 0.900. The van der Waals surface area contributed by atoms with Crippen LogP contribution in [0.1, 0.15) is 27.2 Å². The van der Waals surface area contributed by atoms with Crippen LogP contribution in [-0.4, -0.2) is 26.5 Å². The molecule has 0 saturated carbocycles. The third-order valence-electron chi connectivity index (χ3n) is 3.01. The van der Waals surface area contributed by atoms with E-state index in [0.29, 0.717) is 10.8 Å². The van der Waals surface area contributed by atoms with Gasteiger partial charge in [0.25, 0.3) is 0 Å². The van der Waals surface area contributed by atoms with E-state index in [0.717, 1.165) is 19.6 Å². The molecule has 0 aromatic heterocycles. The molecule has 1 aliphatic heterocycles. The van der Waals surface area contributed by atoms with Crippen molar-refractivity contribution in [3.8, 4) is 0 Å². The van der Waals surface area contributed by atoms with E-state index < -0.39 is 0 Å². The SMILES string of the molecule is C/N=C/CC1(C(C)(C)C)COC1. The third-order valence-corrected chi connectivity index (χ3v) is 3.01. The molecule has 0 bridgehead atoms. The standard InChI is InChI=1S/C10H19NO/c1-9(2,3)10(5-6-11-4)7-12-8-10/h6H,5,7-8H2,1-4H3/b11-6+. The van der Waals surface area contributed by atoms with E-state index in [4.69, 9.17) is 4.74 Å². The quantitative estimate of drug-likeness (QED) is 0.580. The summed E-state index contributed by atoms with van der Waals surface area (Å²) in [7, 11) is 1.83. The molecule has 0 aliphatic carbocycles. The van der Waals surface area contributed by atoms with Crippen LogP contribution in [0, 0.1) is 10.8 Å². The second-order valence-electron chi connectivity index (χ2n) is 4.67. The molecule has 2 heteroatoms. The summed E-state index contributed by atoms with van der Waals surface area (Å²) in [6.45, 7) is 8.61. The maximum absolute atomic E-state index is 5.30. The molecular weight excluding hydrogens is 150 g/mol. The first kappa shape index (κ1) is 9.72. The summed E-state index contributed by atoms with van der Waals surface area (Å²) in [5.41, 5.74) is 0.666. The lowest BCUT2D eigenvalue weighted by Gasteiger charge is -2.50. The van der Waals surface area contributed by atoms with Crippen molar-refractivity contribution in [3.63, 3.8) is 0 Å². The maximum Gasteiger partial charge on any atom is 0.0553 e. The number of hydrogen-bond donors (Lipinski definition) is 0. The molecule has 1 heterocycles. The lowest BCUT2D eigenvalue weighted by atomic mass is 9.63. The van der Waals surface area contributed by atoms with Crippen LogP contribution in [0.4, 0.5) is 0 Å². The molecule has 0 aromatic carbocycles. The summed E-state index contributed by atoms with van der Waals surface area (Å²) in [6, 6.07) is 0. The molecule has 0 spiro atoms. The van der Waals surface area contributed by atoms with Gasteiger partial charge in [0.1, 0.15) is 0 Å². The Bertz CT molecular complexity index is 175. The fourth-order valence-corrected chi connectivity index (χ4v) is 1.47. The van der Waals surface area contributed by atoms with Gasteiger partial charge in [0, 0.05) is 12.5 Å². The van der Waals surface area contributed by atoms with Crippen molar-refractivity contribution in [1.29, 1.82) is 0 Å². The van der Waals surface area contributed by atoms with Crippen LogP contribution in [0.25, 0.3) is 0 Å². The van der Waals surface area contributed by atoms with E-state index in [1.807, 2.05) is 13.3 Å². The number of ether oxygens (including phenoxy) is 1. The van der Waals surface area contributed by atoms with Gasteiger partial charge < -0.3 is 9.73 Å². The zero-order chi connectivity index (χ0) is 9.24. The molecular formula is C10H19NO. The summed E-state index contributed by atoms with van der Waals surface area (Å²) >= 11 is 0. The molecule has 0 atom stereocenters. The first-order valence-electron chi connectivity index (χ1n) is 4.50. The Balaban J connectivity index is 2.63. The van der Waals surface area contributed by atoms with Gasteiger partial charge in [0.05, 0.1) is 13.2 Å². The lowest BCUT2D eigenvalue weighted by Crippen LogP contribution is -2.52. The van der Waals surface area contributed by atoms with Gasteiger partial charge >= 0.3 is 0 Å². The highest BCUT2D eigenvalue weighted by Crippen LogP contribution is 2.46. The van der Waals surface area contributed by atoms with Crippen molar-refractivity contribution < 1.29 is 4.74 Å². The first-order chi connectivity index (χ1) is 5.52. The Morgan fingerprint density at radius 2 is 2.00 bits per heavy atom. The van der Waals surface area contributed by atoms with Gasteiger partial charge in [-0.15, -0.1) is 0 Å². The number of nitrogens with zero attached hydrogens (tertiary/aromatic N) is 1. The van der Waals surface area contributed by atoms with Crippen molar-refractivity contribution in [2.24, 2.45) is 15.8 Å². The zero-order valence-electron chi connectivity index (χ0n) is 8.55. The summed E-state index contributed by atoms with van der Waals surface area (Å²) in [5, 5.41) is 0. The van der Waals surface area contributed by atoms with E-state index in [-0.39, 0.29) is 0 Å². The second kappa shape index (κ2) is 3.17. The van der Waals surface area contributed by atoms with E-state index in [9.17, 15) is 0 Å². The number of rotatable bonds is 2. The highest BCUT2D eigenvalue weighted by atomic mass is 16.5. The molecule has 0 N–H and O–H groups in total. The Morgan fingerprint density at radius 3 is 2.25 bits per heavy atom. The first-order valence-corrected chi connectivity index (χ1v) is 4.50.